The normalized spacial score (nSPS) is 12.8. The fourth-order valence-electron chi connectivity index (χ4n) is 8.48. The van der Waals surface area contributed by atoms with Gasteiger partial charge in [0.1, 0.15) is 5.58 Å². The van der Waals surface area contributed by atoms with Gasteiger partial charge in [-0.2, -0.15) is 0 Å². The van der Waals surface area contributed by atoms with E-state index in [9.17, 15) is 0 Å². The summed E-state index contributed by atoms with van der Waals surface area (Å²) in [6.07, 6.45) is 0. The molecule has 0 fully saturated rings. The lowest BCUT2D eigenvalue weighted by Gasteiger charge is -2.34. The van der Waals surface area contributed by atoms with Crippen LogP contribution >= 0.6 is 11.8 Å². The molecule has 4 nitrogen and oxygen atoms in total. The lowest BCUT2D eigenvalue weighted by Crippen LogP contribution is -2.16. The topological polar surface area (TPSA) is 42.2 Å². The molecule has 12 rings (SSSR count). The summed E-state index contributed by atoms with van der Waals surface area (Å²) in [4.78, 5) is 15.3. The van der Waals surface area contributed by atoms with Gasteiger partial charge >= 0.3 is 0 Å². The number of furan rings is 1. The Bertz CT molecular complexity index is 3170. The molecule has 0 spiro atoms. The van der Waals surface area contributed by atoms with E-state index >= 15 is 0 Å². The van der Waals surface area contributed by atoms with E-state index in [0.29, 0.717) is 5.82 Å². The molecule has 2 aliphatic heterocycles. The SMILES string of the molecule is c1ccc(-c2nc(-c3cccc4oc5c6c7c(cc5c34)-c3ccccc3-c3ccccc3N7c3ccc4ccccc4c3S6)nc3ccccc23)cc1. The van der Waals surface area contributed by atoms with Crippen molar-refractivity contribution in [3.05, 3.63) is 164 Å². The molecule has 2 aromatic heterocycles. The molecule has 0 saturated heterocycles. The second-order valence-corrected chi connectivity index (χ2v) is 14.7. The first-order valence-corrected chi connectivity index (χ1v) is 18.7. The Morgan fingerprint density at radius 1 is 0.491 bits per heavy atom. The largest absolute Gasteiger partial charge is 0.455 e. The molecule has 0 atom stereocenters. The molecule has 5 heteroatoms. The molecule has 0 radical (unpaired) electrons. The predicted molar refractivity (Wildman–Crippen MR) is 218 cm³/mol. The van der Waals surface area contributed by atoms with Crippen molar-refractivity contribution in [2.45, 2.75) is 9.79 Å². The first kappa shape index (κ1) is 28.9. The minimum absolute atomic E-state index is 0.679. The monoisotopic (exact) mass is 693 g/mol. The highest BCUT2D eigenvalue weighted by molar-refractivity contribution is 8.00. The molecule has 0 bridgehead atoms. The van der Waals surface area contributed by atoms with Crippen LogP contribution in [0.3, 0.4) is 0 Å². The quantitative estimate of drug-likeness (QED) is 0.180. The fourth-order valence-corrected chi connectivity index (χ4v) is 9.79. The smallest absolute Gasteiger partial charge is 0.161 e. The maximum Gasteiger partial charge on any atom is 0.161 e. The molecular weight excluding hydrogens is 667 g/mol. The minimum atomic E-state index is 0.679. The highest BCUT2D eigenvalue weighted by Gasteiger charge is 2.36. The van der Waals surface area contributed by atoms with Crippen LogP contribution in [0.25, 0.3) is 88.5 Å². The first-order chi connectivity index (χ1) is 26.3. The van der Waals surface area contributed by atoms with Gasteiger partial charge < -0.3 is 9.32 Å². The van der Waals surface area contributed by atoms with Crippen LogP contribution in [0.4, 0.5) is 17.1 Å². The number of rotatable bonds is 2. The van der Waals surface area contributed by atoms with E-state index < -0.39 is 0 Å². The summed E-state index contributed by atoms with van der Waals surface area (Å²) in [5.41, 5.74) is 13.8. The van der Waals surface area contributed by atoms with Gasteiger partial charge in [-0.15, -0.1) is 0 Å². The number of benzene rings is 8. The van der Waals surface area contributed by atoms with Crippen molar-refractivity contribution in [3.63, 3.8) is 0 Å². The standard InChI is InChI=1S/C48H27N3OS/c1-2-14-29(15-3-1)43-34-20-8-10-22-38(34)49-48(50-43)35-21-12-24-41-42(35)37-27-36-32-18-7-6-17-31(32)33-19-9-11-23-39(33)51-40-26-25-28-13-4-5-16-30(28)46(40)53-47(44(36)51)45(37)52-41/h1-27H. The van der Waals surface area contributed by atoms with Crippen LogP contribution in [0.2, 0.25) is 0 Å². The van der Waals surface area contributed by atoms with Crippen LogP contribution in [-0.2, 0) is 0 Å². The van der Waals surface area contributed by atoms with Crippen molar-refractivity contribution in [3.8, 4) is 44.9 Å². The Balaban J connectivity index is 1.21. The molecule has 10 aromatic rings. The average molecular weight is 694 g/mol. The molecule has 4 heterocycles. The lowest BCUT2D eigenvalue weighted by molar-refractivity contribution is 0.660. The summed E-state index contributed by atoms with van der Waals surface area (Å²) in [5, 5.41) is 5.55. The highest BCUT2D eigenvalue weighted by Crippen LogP contribution is 2.62. The number of para-hydroxylation sites is 2. The van der Waals surface area contributed by atoms with Crippen LogP contribution < -0.4 is 4.90 Å². The van der Waals surface area contributed by atoms with Crippen LogP contribution in [0, 0.1) is 0 Å². The molecule has 2 aliphatic rings. The van der Waals surface area contributed by atoms with Gasteiger partial charge in [0.25, 0.3) is 0 Å². The number of anilines is 3. The maximum absolute atomic E-state index is 7.03. The Morgan fingerprint density at radius 2 is 1.21 bits per heavy atom. The van der Waals surface area contributed by atoms with Crippen molar-refractivity contribution < 1.29 is 4.42 Å². The molecule has 0 aliphatic carbocycles. The van der Waals surface area contributed by atoms with Crippen molar-refractivity contribution in [1.82, 2.24) is 9.97 Å². The molecule has 0 saturated carbocycles. The van der Waals surface area contributed by atoms with Gasteiger partial charge in [-0.05, 0) is 52.2 Å². The van der Waals surface area contributed by atoms with E-state index in [1.54, 1.807) is 0 Å². The van der Waals surface area contributed by atoms with Crippen LogP contribution in [0.1, 0.15) is 0 Å². The zero-order chi connectivity index (χ0) is 34.6. The Morgan fingerprint density at radius 3 is 2.09 bits per heavy atom. The third-order valence-corrected chi connectivity index (χ3v) is 12.0. The lowest BCUT2D eigenvalue weighted by atomic mass is 9.93. The van der Waals surface area contributed by atoms with Crippen molar-refractivity contribution in [1.29, 1.82) is 0 Å². The molecule has 0 amide bonds. The molecule has 0 N–H and O–H groups in total. The van der Waals surface area contributed by atoms with E-state index in [1.165, 1.54) is 43.6 Å². The zero-order valence-electron chi connectivity index (χ0n) is 28.2. The summed E-state index contributed by atoms with van der Waals surface area (Å²) < 4.78 is 7.03. The fraction of sp³-hybridized carbons (Fsp3) is 0. The number of hydrogen-bond acceptors (Lipinski definition) is 5. The molecule has 8 aromatic carbocycles. The van der Waals surface area contributed by atoms with Gasteiger partial charge in [0.15, 0.2) is 11.4 Å². The number of aromatic nitrogens is 2. The van der Waals surface area contributed by atoms with E-state index in [-0.39, 0.29) is 0 Å². The Labute approximate surface area is 309 Å². The van der Waals surface area contributed by atoms with Crippen molar-refractivity contribution >= 4 is 72.4 Å². The summed E-state index contributed by atoms with van der Waals surface area (Å²) >= 11 is 1.82. The minimum Gasteiger partial charge on any atom is -0.455 e. The average Bonchev–Trinajstić information content (AvgIpc) is 3.56. The second-order valence-electron chi connectivity index (χ2n) is 13.7. The van der Waals surface area contributed by atoms with Crippen molar-refractivity contribution in [2.24, 2.45) is 0 Å². The van der Waals surface area contributed by atoms with Crippen LogP contribution in [0.5, 0.6) is 0 Å². The van der Waals surface area contributed by atoms with Gasteiger partial charge in [0, 0.05) is 43.3 Å². The maximum atomic E-state index is 7.03. The van der Waals surface area contributed by atoms with E-state index in [2.05, 4.69) is 157 Å². The van der Waals surface area contributed by atoms with Crippen molar-refractivity contribution in [2.75, 3.05) is 4.90 Å². The Kier molecular flexibility index (Phi) is 5.96. The van der Waals surface area contributed by atoms with Gasteiger partial charge in [-0.1, -0.05) is 145 Å². The van der Waals surface area contributed by atoms with Gasteiger partial charge in [-0.25, -0.2) is 9.97 Å². The first-order valence-electron chi connectivity index (χ1n) is 17.8. The summed E-state index contributed by atoms with van der Waals surface area (Å²) in [6.45, 7) is 0. The molecular formula is C48H27N3OS. The highest BCUT2D eigenvalue weighted by atomic mass is 32.2. The van der Waals surface area contributed by atoms with Crippen LogP contribution in [-0.4, -0.2) is 9.97 Å². The molecule has 0 unspecified atom stereocenters. The number of hydrogen-bond donors (Lipinski definition) is 0. The zero-order valence-corrected chi connectivity index (χ0v) is 29.1. The molecule has 246 valence electrons. The third kappa shape index (κ3) is 4.08. The van der Waals surface area contributed by atoms with Crippen LogP contribution in [0.15, 0.2) is 178 Å². The molecule has 53 heavy (non-hydrogen) atoms. The number of fused-ring (bicyclic) bond motifs is 14. The summed E-state index contributed by atoms with van der Waals surface area (Å²) in [7, 11) is 0. The van der Waals surface area contributed by atoms with Gasteiger partial charge in [0.2, 0.25) is 0 Å². The third-order valence-electron chi connectivity index (χ3n) is 10.8. The van der Waals surface area contributed by atoms with Gasteiger partial charge in [-0.3, -0.25) is 0 Å². The summed E-state index contributed by atoms with van der Waals surface area (Å²) in [6, 6.07) is 58.1. The second kappa shape index (κ2) is 10.9. The summed E-state index contributed by atoms with van der Waals surface area (Å²) in [5.74, 6) is 0.679. The predicted octanol–water partition coefficient (Wildman–Crippen LogP) is 13.6. The Hall–Kier alpha value is -6.69. The van der Waals surface area contributed by atoms with E-state index in [1.807, 2.05) is 23.9 Å². The van der Waals surface area contributed by atoms with E-state index in [0.717, 1.165) is 65.9 Å². The number of nitrogens with zero attached hydrogens (tertiary/aromatic N) is 3. The van der Waals surface area contributed by atoms with E-state index in [4.69, 9.17) is 14.4 Å². The van der Waals surface area contributed by atoms with Gasteiger partial charge in [0.05, 0.1) is 33.2 Å².